The summed E-state index contributed by atoms with van der Waals surface area (Å²) in [6.07, 6.45) is 0.249. The maximum absolute atomic E-state index is 12.8. The zero-order chi connectivity index (χ0) is 21.2. The standard InChI is InChI=1S/C23H25ClO5/c1-3-28-22(26)20(23(27)29-4-2)14-18(16-10-12-19(24)13-11-16)15-21(25)17-8-6-5-7-9-17/h5-13,18,20H,3-4,14-15H2,1-2H3. The van der Waals surface area contributed by atoms with Crippen LogP contribution in [-0.2, 0) is 19.1 Å². The molecule has 0 heterocycles. The van der Waals surface area contributed by atoms with Gasteiger partial charge in [-0.15, -0.1) is 0 Å². The van der Waals surface area contributed by atoms with Crippen LogP contribution in [0.5, 0.6) is 0 Å². The van der Waals surface area contributed by atoms with E-state index in [2.05, 4.69) is 0 Å². The molecule has 0 N–H and O–H groups in total. The molecule has 2 aromatic rings. The van der Waals surface area contributed by atoms with E-state index < -0.39 is 17.9 Å². The number of rotatable bonds is 10. The van der Waals surface area contributed by atoms with E-state index in [1.54, 1.807) is 62.4 Å². The molecule has 29 heavy (non-hydrogen) atoms. The molecule has 0 radical (unpaired) electrons. The number of hydrogen-bond acceptors (Lipinski definition) is 5. The molecule has 2 aromatic carbocycles. The van der Waals surface area contributed by atoms with Gasteiger partial charge in [-0.1, -0.05) is 54.1 Å². The van der Waals surface area contributed by atoms with Gasteiger partial charge in [0.1, 0.15) is 0 Å². The van der Waals surface area contributed by atoms with Gasteiger partial charge in [-0.3, -0.25) is 14.4 Å². The summed E-state index contributed by atoms with van der Waals surface area (Å²) in [7, 11) is 0. The number of carbonyl (C=O) groups is 3. The Morgan fingerprint density at radius 3 is 1.93 bits per heavy atom. The lowest BCUT2D eigenvalue weighted by Gasteiger charge is -2.22. The molecule has 1 unspecified atom stereocenters. The fourth-order valence-electron chi connectivity index (χ4n) is 3.10. The van der Waals surface area contributed by atoms with E-state index in [9.17, 15) is 14.4 Å². The number of benzene rings is 2. The van der Waals surface area contributed by atoms with Crippen molar-refractivity contribution in [2.45, 2.75) is 32.6 Å². The number of ketones is 1. The zero-order valence-corrected chi connectivity index (χ0v) is 17.4. The van der Waals surface area contributed by atoms with Crippen LogP contribution in [0.2, 0.25) is 5.02 Å². The highest BCUT2D eigenvalue weighted by Gasteiger charge is 2.33. The van der Waals surface area contributed by atoms with E-state index in [1.165, 1.54) is 0 Å². The predicted molar refractivity (Wildman–Crippen MR) is 111 cm³/mol. The molecular weight excluding hydrogens is 392 g/mol. The predicted octanol–water partition coefficient (Wildman–Crippen LogP) is 4.83. The van der Waals surface area contributed by atoms with Gasteiger partial charge >= 0.3 is 11.9 Å². The van der Waals surface area contributed by atoms with Crippen molar-refractivity contribution in [3.63, 3.8) is 0 Å². The van der Waals surface area contributed by atoms with Crippen LogP contribution in [0.25, 0.3) is 0 Å². The van der Waals surface area contributed by atoms with Crippen molar-refractivity contribution >= 4 is 29.3 Å². The first-order valence-corrected chi connectivity index (χ1v) is 10.0. The quantitative estimate of drug-likeness (QED) is 0.315. The van der Waals surface area contributed by atoms with Crippen molar-refractivity contribution in [3.8, 4) is 0 Å². The summed E-state index contributed by atoms with van der Waals surface area (Å²) >= 11 is 5.99. The molecule has 0 spiro atoms. The Morgan fingerprint density at radius 1 is 0.862 bits per heavy atom. The highest BCUT2D eigenvalue weighted by molar-refractivity contribution is 6.30. The molecule has 0 amide bonds. The van der Waals surface area contributed by atoms with Crippen LogP contribution in [0.15, 0.2) is 54.6 Å². The minimum atomic E-state index is -1.10. The second kappa shape index (κ2) is 11.4. The molecule has 0 bridgehead atoms. The maximum Gasteiger partial charge on any atom is 0.320 e. The van der Waals surface area contributed by atoms with E-state index in [-0.39, 0.29) is 37.8 Å². The number of carbonyl (C=O) groups excluding carboxylic acids is 3. The Bertz CT molecular complexity index is 799. The summed E-state index contributed by atoms with van der Waals surface area (Å²) in [5.74, 6) is -2.83. The third-order valence-corrected chi connectivity index (χ3v) is 4.78. The molecule has 6 heteroatoms. The van der Waals surface area contributed by atoms with Gasteiger partial charge in [-0.05, 0) is 43.9 Å². The summed E-state index contributed by atoms with van der Waals surface area (Å²) in [5.41, 5.74) is 1.40. The Hall–Kier alpha value is -2.66. The molecule has 2 rings (SSSR count). The van der Waals surface area contributed by atoms with Crippen LogP contribution in [0.4, 0.5) is 0 Å². The van der Waals surface area contributed by atoms with Gasteiger partial charge in [0, 0.05) is 17.0 Å². The topological polar surface area (TPSA) is 69.7 Å². The third kappa shape index (κ3) is 6.71. The molecular formula is C23H25ClO5. The summed E-state index contributed by atoms with van der Waals surface area (Å²) in [5, 5.41) is 0.564. The van der Waals surface area contributed by atoms with Crippen LogP contribution in [-0.4, -0.2) is 30.9 Å². The highest BCUT2D eigenvalue weighted by Crippen LogP contribution is 2.31. The molecule has 0 fully saturated rings. The highest BCUT2D eigenvalue weighted by atomic mass is 35.5. The Balaban J connectivity index is 2.31. The number of Topliss-reactive ketones (excluding diaryl/α,β-unsaturated/α-hetero) is 1. The molecule has 0 aromatic heterocycles. The molecule has 0 saturated heterocycles. The molecule has 5 nitrogen and oxygen atoms in total. The third-order valence-electron chi connectivity index (χ3n) is 4.53. The smallest absolute Gasteiger partial charge is 0.320 e. The SMILES string of the molecule is CCOC(=O)C(CC(CC(=O)c1ccccc1)c1ccc(Cl)cc1)C(=O)OCC. The Morgan fingerprint density at radius 2 is 1.41 bits per heavy atom. The number of hydrogen-bond donors (Lipinski definition) is 0. The van der Waals surface area contributed by atoms with E-state index in [1.807, 2.05) is 6.07 Å². The minimum Gasteiger partial charge on any atom is -0.465 e. The van der Waals surface area contributed by atoms with Crippen LogP contribution in [0, 0.1) is 5.92 Å². The van der Waals surface area contributed by atoms with Crippen LogP contribution >= 0.6 is 11.6 Å². The summed E-state index contributed by atoms with van der Waals surface area (Å²) in [4.78, 5) is 37.6. The Labute approximate surface area is 176 Å². The van der Waals surface area contributed by atoms with Gasteiger partial charge in [-0.25, -0.2) is 0 Å². The summed E-state index contributed by atoms with van der Waals surface area (Å²) in [6, 6.07) is 16.0. The Kier molecular flexibility index (Phi) is 8.87. The lowest BCUT2D eigenvalue weighted by molar-refractivity contribution is -0.162. The molecule has 0 saturated carbocycles. The van der Waals surface area contributed by atoms with Crippen molar-refractivity contribution < 1.29 is 23.9 Å². The lowest BCUT2D eigenvalue weighted by Crippen LogP contribution is -2.30. The van der Waals surface area contributed by atoms with Gasteiger partial charge in [0.25, 0.3) is 0 Å². The average Bonchev–Trinajstić information content (AvgIpc) is 2.72. The zero-order valence-electron chi connectivity index (χ0n) is 16.6. The van der Waals surface area contributed by atoms with Crippen molar-refractivity contribution in [3.05, 3.63) is 70.7 Å². The normalized spacial score (nSPS) is 11.7. The van der Waals surface area contributed by atoms with Gasteiger partial charge in [0.2, 0.25) is 0 Å². The van der Waals surface area contributed by atoms with Crippen LogP contribution < -0.4 is 0 Å². The van der Waals surface area contributed by atoms with E-state index >= 15 is 0 Å². The number of ether oxygens (including phenoxy) is 2. The number of esters is 2. The summed E-state index contributed by atoms with van der Waals surface area (Å²) < 4.78 is 10.1. The van der Waals surface area contributed by atoms with Gasteiger partial charge < -0.3 is 9.47 Å². The average molecular weight is 417 g/mol. The fourth-order valence-corrected chi connectivity index (χ4v) is 3.22. The van der Waals surface area contributed by atoms with Crippen LogP contribution in [0.1, 0.15) is 48.5 Å². The molecule has 154 valence electrons. The van der Waals surface area contributed by atoms with Crippen molar-refractivity contribution in [2.75, 3.05) is 13.2 Å². The first-order valence-electron chi connectivity index (χ1n) is 9.63. The van der Waals surface area contributed by atoms with Crippen LogP contribution in [0.3, 0.4) is 0 Å². The van der Waals surface area contributed by atoms with Crippen molar-refractivity contribution in [2.24, 2.45) is 5.92 Å². The molecule has 1 atom stereocenters. The van der Waals surface area contributed by atoms with Gasteiger partial charge in [0.05, 0.1) is 13.2 Å². The van der Waals surface area contributed by atoms with Crippen molar-refractivity contribution in [1.82, 2.24) is 0 Å². The minimum absolute atomic E-state index is 0.0722. The molecule has 0 aliphatic heterocycles. The molecule has 0 aliphatic carbocycles. The van der Waals surface area contributed by atoms with Gasteiger partial charge in [-0.2, -0.15) is 0 Å². The van der Waals surface area contributed by atoms with Gasteiger partial charge in [0.15, 0.2) is 11.7 Å². The summed E-state index contributed by atoms with van der Waals surface area (Å²) in [6.45, 7) is 3.66. The monoisotopic (exact) mass is 416 g/mol. The number of halogens is 1. The van der Waals surface area contributed by atoms with Crippen molar-refractivity contribution in [1.29, 1.82) is 0 Å². The lowest BCUT2D eigenvalue weighted by atomic mass is 9.84. The second-order valence-electron chi connectivity index (χ2n) is 6.53. The van der Waals surface area contributed by atoms with E-state index in [0.29, 0.717) is 10.6 Å². The van der Waals surface area contributed by atoms with E-state index in [4.69, 9.17) is 21.1 Å². The fraction of sp³-hybridized carbons (Fsp3) is 0.348. The maximum atomic E-state index is 12.8. The first-order chi connectivity index (χ1) is 14.0. The molecule has 0 aliphatic rings. The van der Waals surface area contributed by atoms with E-state index in [0.717, 1.165) is 5.56 Å². The largest absolute Gasteiger partial charge is 0.465 e. The second-order valence-corrected chi connectivity index (χ2v) is 6.97. The first kappa shape index (κ1) is 22.6.